The van der Waals surface area contributed by atoms with Crippen LogP contribution in [0.15, 0.2) is 22.8 Å². The molecule has 0 aromatic carbocycles. The lowest BCUT2D eigenvalue weighted by Crippen LogP contribution is -1.99. The minimum atomic E-state index is -0.997. The van der Waals surface area contributed by atoms with Crippen LogP contribution in [0.2, 0.25) is 0 Å². The molecule has 0 saturated heterocycles. The van der Waals surface area contributed by atoms with Crippen LogP contribution >= 0.6 is 0 Å². The van der Waals surface area contributed by atoms with Crippen LogP contribution in [-0.4, -0.2) is 11.7 Å². The molecular formula is C10H16O. The lowest BCUT2D eigenvalue weighted by molar-refractivity contribution is 0.325. The van der Waals surface area contributed by atoms with Crippen molar-refractivity contribution in [1.82, 2.24) is 0 Å². The molecule has 1 rings (SSSR count). The van der Waals surface area contributed by atoms with Gasteiger partial charge in [0.05, 0.1) is 7.95 Å². The van der Waals surface area contributed by atoms with Gasteiger partial charge in [0, 0.05) is 0 Å². The van der Waals surface area contributed by atoms with Crippen molar-refractivity contribution in [3.8, 4) is 0 Å². The molecule has 0 bridgehead atoms. The summed E-state index contributed by atoms with van der Waals surface area (Å²) >= 11 is 0. The molecule has 1 aliphatic rings. The second kappa shape index (κ2) is 3.72. The summed E-state index contributed by atoms with van der Waals surface area (Å²) in [6, 6.07) is 0. The molecule has 0 saturated carbocycles. The Morgan fingerprint density at radius 3 is 2.73 bits per heavy atom. The van der Waals surface area contributed by atoms with Crippen molar-refractivity contribution in [2.75, 3.05) is 6.58 Å². The zero-order valence-electron chi connectivity index (χ0n) is 8.22. The van der Waals surface area contributed by atoms with Crippen LogP contribution in [0.3, 0.4) is 0 Å². The van der Waals surface area contributed by atoms with E-state index in [-0.39, 0.29) is 0 Å². The van der Waals surface area contributed by atoms with Crippen molar-refractivity contribution < 1.29 is 6.48 Å². The molecule has 11 heavy (non-hydrogen) atoms. The molecule has 0 aromatic heterocycles. The third-order valence-electron chi connectivity index (χ3n) is 2.20. The molecule has 0 aliphatic heterocycles. The van der Waals surface area contributed by atoms with E-state index in [0.717, 1.165) is 24.8 Å². The molecule has 1 heteroatoms. The van der Waals surface area contributed by atoms with Crippen LogP contribution < -0.4 is 0 Å². The first-order valence-corrected chi connectivity index (χ1v) is 4.05. The van der Waals surface area contributed by atoms with Gasteiger partial charge in [-0.15, -0.1) is 0 Å². The number of hydrogen-bond donors (Lipinski definition) is 1. The highest BCUT2D eigenvalue weighted by atomic mass is 16.3. The number of aliphatic hydroxyl groups is 1. The van der Waals surface area contributed by atoms with Crippen LogP contribution in [-0.2, 0) is 0 Å². The van der Waals surface area contributed by atoms with Gasteiger partial charge in [0.25, 0.3) is 0 Å². The van der Waals surface area contributed by atoms with E-state index in [4.69, 9.17) is 6.48 Å². The zero-order valence-corrected chi connectivity index (χ0v) is 7.22. The Labute approximate surface area is 69.8 Å². The Bertz CT molecular complexity index is 222. The van der Waals surface area contributed by atoms with E-state index in [9.17, 15) is 0 Å². The van der Waals surface area contributed by atoms with Gasteiger partial charge in [-0.3, -0.25) is 0 Å². The summed E-state index contributed by atoms with van der Waals surface area (Å²) in [5.74, 6) is 0. The molecule has 0 radical (unpaired) electrons. The fraction of sp³-hybridized carbons (Fsp3) is 0.600. The van der Waals surface area contributed by atoms with Gasteiger partial charge in [0.2, 0.25) is 0 Å². The average molecular weight is 153 g/mol. The number of hydrogen-bond acceptors (Lipinski definition) is 1. The van der Waals surface area contributed by atoms with Gasteiger partial charge in [-0.2, -0.15) is 0 Å². The van der Waals surface area contributed by atoms with E-state index in [1.165, 1.54) is 11.1 Å². The first-order chi connectivity index (χ1) is 5.61. The first kappa shape index (κ1) is 7.11. The van der Waals surface area contributed by atoms with Gasteiger partial charge >= 0.3 is 0 Å². The topological polar surface area (TPSA) is 20.2 Å². The third-order valence-corrected chi connectivity index (χ3v) is 2.20. The van der Waals surface area contributed by atoms with Crippen LogP contribution in [0.25, 0.3) is 0 Å². The minimum absolute atomic E-state index is 0.852. The highest BCUT2D eigenvalue weighted by molar-refractivity contribution is 5.22. The Balaban J connectivity index is 2.66. The number of aliphatic hydroxyl groups excluding tert-OH is 1. The molecule has 0 aromatic rings. The second-order valence-corrected chi connectivity index (χ2v) is 3.22. The molecular weight excluding hydrogens is 136 g/mol. The second-order valence-electron chi connectivity index (χ2n) is 3.22. The highest BCUT2D eigenvalue weighted by Crippen LogP contribution is 2.24. The van der Waals surface area contributed by atoms with E-state index in [0.29, 0.717) is 0 Å². The maximum atomic E-state index is 8.98. The normalized spacial score (nSPS) is 22.3. The summed E-state index contributed by atoms with van der Waals surface area (Å²) in [4.78, 5) is 0. The van der Waals surface area contributed by atoms with E-state index >= 15 is 0 Å². The zero-order chi connectivity index (χ0) is 9.14. The van der Waals surface area contributed by atoms with E-state index in [1.54, 1.807) is 0 Å². The minimum Gasteiger partial charge on any atom is -0.392 e. The van der Waals surface area contributed by atoms with Crippen molar-refractivity contribution in [2.24, 2.45) is 0 Å². The van der Waals surface area contributed by atoms with Crippen molar-refractivity contribution in [3.63, 3.8) is 0 Å². The fourth-order valence-corrected chi connectivity index (χ4v) is 1.33. The summed E-state index contributed by atoms with van der Waals surface area (Å²) in [5.41, 5.74) is 3.71. The summed E-state index contributed by atoms with van der Waals surface area (Å²) < 4.78 is 7.12. The van der Waals surface area contributed by atoms with E-state index in [2.05, 4.69) is 13.8 Å². The monoisotopic (exact) mass is 153 g/mol. The molecule has 0 amide bonds. The molecule has 0 spiro atoms. The van der Waals surface area contributed by atoms with Gasteiger partial charge in [-0.1, -0.05) is 17.2 Å². The molecule has 1 unspecified atom stereocenters. The summed E-state index contributed by atoms with van der Waals surface area (Å²) in [5, 5.41) is 8.98. The maximum absolute atomic E-state index is 8.98. The van der Waals surface area contributed by atoms with Gasteiger partial charge in [-0.25, -0.2) is 0 Å². The van der Waals surface area contributed by atoms with Gasteiger partial charge in [0.1, 0.15) is 0 Å². The van der Waals surface area contributed by atoms with Crippen molar-refractivity contribution >= 4 is 0 Å². The quantitative estimate of drug-likeness (QED) is 0.574. The van der Waals surface area contributed by atoms with Gasteiger partial charge in [0.15, 0.2) is 0 Å². The summed E-state index contributed by atoms with van der Waals surface area (Å²) in [6.45, 7) is 3.24. The summed E-state index contributed by atoms with van der Waals surface area (Å²) in [7, 11) is 0. The number of rotatable bonds is 1. The SMILES string of the molecule is [2H]C(O)C1=CCC(=C(C)C)CC1. The Morgan fingerprint density at radius 2 is 2.36 bits per heavy atom. The largest absolute Gasteiger partial charge is 0.392 e. The molecule has 62 valence electrons. The Kier molecular flexibility index (Phi) is 2.41. The van der Waals surface area contributed by atoms with Crippen molar-refractivity contribution in [3.05, 3.63) is 22.8 Å². The molecule has 0 fully saturated rings. The Hall–Kier alpha value is -0.560. The molecule has 1 aliphatic carbocycles. The van der Waals surface area contributed by atoms with Crippen LogP contribution in [0, 0.1) is 0 Å². The molecule has 1 atom stereocenters. The average Bonchev–Trinajstić information content (AvgIpc) is 2.04. The van der Waals surface area contributed by atoms with Crippen LogP contribution in [0.1, 0.15) is 34.5 Å². The third kappa shape index (κ3) is 2.19. The van der Waals surface area contributed by atoms with Crippen molar-refractivity contribution in [2.45, 2.75) is 33.1 Å². The lowest BCUT2D eigenvalue weighted by atomic mass is 9.92. The lowest BCUT2D eigenvalue weighted by Gasteiger charge is -2.15. The maximum Gasteiger partial charge on any atom is 0.0641 e. The highest BCUT2D eigenvalue weighted by Gasteiger charge is 2.07. The van der Waals surface area contributed by atoms with Crippen molar-refractivity contribution in [1.29, 1.82) is 0 Å². The first-order valence-electron chi connectivity index (χ1n) is 4.63. The van der Waals surface area contributed by atoms with Gasteiger partial charge < -0.3 is 5.11 Å². The van der Waals surface area contributed by atoms with Crippen LogP contribution in [0.4, 0.5) is 0 Å². The standard InChI is InChI=1S/C10H16O/c1-8(2)10-5-3-9(7-11)4-6-10/h3,11H,4-7H2,1-2H3/i7D. The Morgan fingerprint density at radius 1 is 1.64 bits per heavy atom. The van der Waals surface area contributed by atoms with Crippen LogP contribution in [0.5, 0.6) is 0 Å². The number of allylic oxidation sites excluding steroid dienone is 3. The van der Waals surface area contributed by atoms with Gasteiger partial charge in [-0.05, 0) is 38.7 Å². The molecule has 1 N–H and O–H groups in total. The molecule has 1 nitrogen and oxygen atoms in total. The smallest absolute Gasteiger partial charge is 0.0641 e. The predicted octanol–water partition coefficient (Wildman–Crippen LogP) is 2.43. The predicted molar refractivity (Wildman–Crippen MR) is 47.4 cm³/mol. The summed E-state index contributed by atoms with van der Waals surface area (Å²) in [6.07, 6.45) is 4.78. The van der Waals surface area contributed by atoms with E-state index < -0.39 is 6.58 Å². The van der Waals surface area contributed by atoms with E-state index in [1.807, 2.05) is 6.08 Å². The fourth-order valence-electron chi connectivity index (χ4n) is 1.33. The molecule has 0 heterocycles.